The monoisotopic (exact) mass is 346 g/mol. The van der Waals surface area contributed by atoms with Gasteiger partial charge >= 0.3 is 0 Å². The van der Waals surface area contributed by atoms with E-state index in [4.69, 9.17) is 4.74 Å². The van der Waals surface area contributed by atoms with E-state index in [0.717, 1.165) is 15.7 Å². The van der Waals surface area contributed by atoms with E-state index in [9.17, 15) is 4.79 Å². The maximum absolute atomic E-state index is 12.0. The number of ether oxygens (including phenoxy) is 1. The molecule has 0 spiro atoms. The van der Waals surface area contributed by atoms with Gasteiger partial charge in [-0.3, -0.25) is 4.79 Å². The minimum absolute atomic E-state index is 0.275. The molecule has 0 aromatic heterocycles. The van der Waals surface area contributed by atoms with Crippen molar-refractivity contribution in [1.29, 1.82) is 0 Å². The average Bonchev–Trinajstić information content (AvgIpc) is 2.52. The van der Waals surface area contributed by atoms with E-state index in [2.05, 4.69) is 26.5 Å². The van der Waals surface area contributed by atoms with Gasteiger partial charge in [0.15, 0.2) is 0 Å². The van der Waals surface area contributed by atoms with Gasteiger partial charge in [0.25, 0.3) is 5.91 Å². The largest absolute Gasteiger partial charge is 0.497 e. The van der Waals surface area contributed by atoms with Crippen molar-refractivity contribution in [3.05, 3.63) is 64.1 Å². The van der Waals surface area contributed by atoms with Crippen LogP contribution in [0.3, 0.4) is 0 Å². The maximum Gasteiger partial charge on any atom is 0.271 e. The topological polar surface area (TPSA) is 50.7 Å². The van der Waals surface area contributed by atoms with Crippen molar-refractivity contribution in [2.24, 2.45) is 5.10 Å². The van der Waals surface area contributed by atoms with E-state index in [-0.39, 0.29) is 5.91 Å². The summed E-state index contributed by atoms with van der Waals surface area (Å²) in [5, 5.41) is 4.12. The fourth-order valence-corrected chi connectivity index (χ4v) is 2.14. The first-order valence-electron chi connectivity index (χ1n) is 6.35. The van der Waals surface area contributed by atoms with E-state index in [1.165, 1.54) is 0 Å². The minimum Gasteiger partial charge on any atom is -0.497 e. The zero-order valence-electron chi connectivity index (χ0n) is 11.8. The Bertz CT molecular complexity index is 683. The third-order valence-corrected chi connectivity index (χ3v) is 3.39. The molecule has 0 aliphatic carbocycles. The number of nitrogens with one attached hydrogen (secondary N) is 1. The van der Waals surface area contributed by atoms with Crippen molar-refractivity contribution < 1.29 is 9.53 Å². The highest BCUT2D eigenvalue weighted by Gasteiger charge is 2.06. The highest BCUT2D eigenvalue weighted by molar-refractivity contribution is 9.10. The van der Waals surface area contributed by atoms with Crippen LogP contribution in [0.1, 0.15) is 22.8 Å². The number of hydrogen-bond acceptors (Lipinski definition) is 3. The number of rotatable bonds is 4. The second-order valence-electron chi connectivity index (χ2n) is 4.38. The normalized spacial score (nSPS) is 11.1. The Morgan fingerprint density at radius 1 is 1.14 bits per heavy atom. The van der Waals surface area contributed by atoms with Gasteiger partial charge in [-0.2, -0.15) is 5.10 Å². The van der Waals surface area contributed by atoms with Gasteiger partial charge in [-0.1, -0.05) is 34.1 Å². The Labute approximate surface area is 132 Å². The zero-order valence-corrected chi connectivity index (χ0v) is 13.3. The standard InChI is InChI=1S/C16H15BrN2O2/c1-11(12-5-3-7-14(17)9-12)18-19-16(20)13-6-4-8-15(10-13)21-2/h3-10H,1-2H3,(H,19,20). The van der Waals surface area contributed by atoms with E-state index in [0.29, 0.717) is 11.3 Å². The minimum atomic E-state index is -0.275. The Balaban J connectivity index is 2.10. The predicted octanol–water partition coefficient (Wildman–Crippen LogP) is 3.61. The van der Waals surface area contributed by atoms with Crippen LogP contribution in [0.15, 0.2) is 58.1 Å². The number of benzene rings is 2. The van der Waals surface area contributed by atoms with Crippen LogP contribution in [-0.4, -0.2) is 18.7 Å². The molecule has 0 fully saturated rings. The summed E-state index contributed by atoms with van der Waals surface area (Å²) >= 11 is 3.41. The molecule has 0 aliphatic rings. The second-order valence-corrected chi connectivity index (χ2v) is 5.30. The van der Waals surface area contributed by atoms with Gasteiger partial charge in [-0.25, -0.2) is 5.43 Å². The van der Waals surface area contributed by atoms with E-state index >= 15 is 0 Å². The summed E-state index contributed by atoms with van der Waals surface area (Å²) in [5.74, 6) is 0.360. The van der Waals surface area contributed by atoms with Crippen LogP contribution in [0.4, 0.5) is 0 Å². The summed E-state index contributed by atoms with van der Waals surface area (Å²) in [6, 6.07) is 14.7. The zero-order chi connectivity index (χ0) is 15.2. The number of amides is 1. The first-order chi connectivity index (χ1) is 10.1. The maximum atomic E-state index is 12.0. The van der Waals surface area contributed by atoms with Crippen molar-refractivity contribution in [2.45, 2.75) is 6.92 Å². The predicted molar refractivity (Wildman–Crippen MR) is 86.8 cm³/mol. The van der Waals surface area contributed by atoms with Crippen molar-refractivity contribution in [2.75, 3.05) is 7.11 Å². The molecular formula is C16H15BrN2O2. The summed E-state index contributed by atoms with van der Waals surface area (Å²) in [7, 11) is 1.56. The number of hydrogen-bond donors (Lipinski definition) is 1. The van der Waals surface area contributed by atoms with Crippen LogP contribution in [0.2, 0.25) is 0 Å². The Morgan fingerprint density at radius 3 is 2.57 bits per heavy atom. The molecule has 0 saturated carbocycles. The third kappa shape index (κ3) is 4.16. The highest BCUT2D eigenvalue weighted by atomic mass is 79.9. The molecule has 1 N–H and O–H groups in total. The number of nitrogens with zero attached hydrogens (tertiary/aromatic N) is 1. The van der Waals surface area contributed by atoms with Gasteiger partial charge in [-0.15, -0.1) is 0 Å². The molecule has 2 aromatic rings. The smallest absolute Gasteiger partial charge is 0.271 e. The van der Waals surface area contributed by atoms with Gasteiger partial charge in [0, 0.05) is 10.0 Å². The van der Waals surface area contributed by atoms with Crippen molar-refractivity contribution in [3.63, 3.8) is 0 Å². The average molecular weight is 347 g/mol. The fourth-order valence-electron chi connectivity index (χ4n) is 1.74. The first kappa shape index (κ1) is 15.3. The molecule has 0 atom stereocenters. The number of halogens is 1. The molecule has 0 aliphatic heterocycles. The molecule has 2 rings (SSSR count). The van der Waals surface area contributed by atoms with Crippen molar-refractivity contribution in [3.8, 4) is 5.75 Å². The van der Waals surface area contributed by atoms with Crippen LogP contribution in [0, 0.1) is 0 Å². The second kappa shape index (κ2) is 7.04. The summed E-state index contributed by atoms with van der Waals surface area (Å²) in [6.45, 7) is 1.84. The molecule has 1 amide bonds. The van der Waals surface area contributed by atoms with E-state index < -0.39 is 0 Å². The lowest BCUT2D eigenvalue weighted by molar-refractivity contribution is 0.0954. The molecule has 0 radical (unpaired) electrons. The summed E-state index contributed by atoms with van der Waals surface area (Å²) in [6.07, 6.45) is 0. The SMILES string of the molecule is COc1cccc(C(=O)NN=C(C)c2cccc(Br)c2)c1. The van der Waals surface area contributed by atoms with Crippen LogP contribution in [0.25, 0.3) is 0 Å². The molecular weight excluding hydrogens is 332 g/mol. The summed E-state index contributed by atoms with van der Waals surface area (Å²) < 4.78 is 6.06. The number of hydrazone groups is 1. The van der Waals surface area contributed by atoms with E-state index in [1.54, 1.807) is 31.4 Å². The molecule has 0 saturated heterocycles. The molecule has 2 aromatic carbocycles. The lowest BCUT2D eigenvalue weighted by Gasteiger charge is -2.05. The number of carbonyl (C=O) groups is 1. The van der Waals surface area contributed by atoms with Gasteiger partial charge < -0.3 is 4.74 Å². The van der Waals surface area contributed by atoms with Crippen molar-refractivity contribution in [1.82, 2.24) is 5.43 Å². The Morgan fingerprint density at radius 2 is 1.86 bits per heavy atom. The summed E-state index contributed by atoms with van der Waals surface area (Å²) in [5.41, 5.74) is 4.72. The lowest BCUT2D eigenvalue weighted by Crippen LogP contribution is -2.19. The molecule has 5 heteroatoms. The summed E-state index contributed by atoms with van der Waals surface area (Å²) in [4.78, 5) is 12.0. The Hall–Kier alpha value is -2.14. The van der Waals surface area contributed by atoms with E-state index in [1.807, 2.05) is 31.2 Å². The lowest BCUT2D eigenvalue weighted by atomic mass is 10.1. The fraction of sp³-hybridized carbons (Fsp3) is 0.125. The molecule has 21 heavy (non-hydrogen) atoms. The van der Waals surface area contributed by atoms with Gasteiger partial charge in [0.2, 0.25) is 0 Å². The van der Waals surface area contributed by atoms with Gasteiger partial charge in [-0.05, 0) is 42.8 Å². The number of carbonyl (C=O) groups excluding carboxylic acids is 1. The van der Waals surface area contributed by atoms with Crippen LogP contribution < -0.4 is 10.2 Å². The quantitative estimate of drug-likeness (QED) is 0.679. The molecule has 0 heterocycles. The Kier molecular flexibility index (Phi) is 5.11. The highest BCUT2D eigenvalue weighted by Crippen LogP contribution is 2.13. The molecule has 4 nitrogen and oxygen atoms in total. The van der Waals surface area contributed by atoms with Gasteiger partial charge in [0.1, 0.15) is 5.75 Å². The molecule has 0 unspecified atom stereocenters. The van der Waals surface area contributed by atoms with Crippen LogP contribution in [0.5, 0.6) is 5.75 Å². The molecule has 108 valence electrons. The van der Waals surface area contributed by atoms with Gasteiger partial charge in [0.05, 0.1) is 12.8 Å². The first-order valence-corrected chi connectivity index (χ1v) is 7.14. The van der Waals surface area contributed by atoms with Crippen LogP contribution >= 0.6 is 15.9 Å². The third-order valence-electron chi connectivity index (χ3n) is 2.90. The van der Waals surface area contributed by atoms with Crippen LogP contribution in [-0.2, 0) is 0 Å². The molecule has 0 bridgehead atoms. The van der Waals surface area contributed by atoms with Crippen molar-refractivity contribution >= 4 is 27.5 Å². The number of methoxy groups -OCH3 is 1.